The van der Waals surface area contributed by atoms with Crippen molar-refractivity contribution in [1.29, 1.82) is 0 Å². The molecule has 0 unspecified atom stereocenters. The molecular weight excluding hydrogens is 551 g/mol. The van der Waals surface area contributed by atoms with Crippen LogP contribution in [0.1, 0.15) is 40.3 Å². The zero-order valence-corrected chi connectivity index (χ0v) is 24.5. The van der Waals surface area contributed by atoms with Crippen molar-refractivity contribution in [2.75, 3.05) is 30.3 Å². The summed E-state index contributed by atoms with van der Waals surface area (Å²) in [7, 11) is 0. The highest BCUT2D eigenvalue weighted by Gasteiger charge is 2.38. The SMILES string of the molecule is Cc1ccc(-n2nc(-c3ccccc3)c3c2N(CC(=O)NC[C@@H]2CCCO2)C(=O)CS[C@H]3c2ccc(F)cc2)c(C)c1. The van der Waals surface area contributed by atoms with Gasteiger partial charge >= 0.3 is 0 Å². The standard InChI is InChI=1S/C33H33FN4O3S/c1-21-10-15-27(22(2)17-21)38-33-30(31(36-38)23-7-4-3-5-8-23)32(24-11-13-25(34)14-12-24)42-20-29(40)37(33)19-28(39)35-18-26-9-6-16-41-26/h3-5,7-8,10-15,17,26,32H,6,9,16,18-20H2,1-2H3,(H,35,39)/t26-,32-/m0/s1. The number of hydrogen-bond acceptors (Lipinski definition) is 5. The first-order valence-electron chi connectivity index (χ1n) is 14.2. The Morgan fingerprint density at radius 1 is 1.10 bits per heavy atom. The highest BCUT2D eigenvalue weighted by atomic mass is 32.2. The second kappa shape index (κ2) is 12.1. The molecule has 3 heterocycles. The van der Waals surface area contributed by atoms with Crippen molar-refractivity contribution in [2.45, 2.75) is 38.0 Å². The van der Waals surface area contributed by atoms with Crippen molar-refractivity contribution < 1.29 is 18.7 Å². The number of aryl methyl sites for hydroxylation is 2. The molecule has 2 atom stereocenters. The average molecular weight is 585 g/mol. The fraction of sp³-hybridized carbons (Fsp3) is 0.303. The molecule has 1 fully saturated rings. The van der Waals surface area contributed by atoms with Crippen LogP contribution in [0, 0.1) is 19.7 Å². The largest absolute Gasteiger partial charge is 0.376 e. The predicted octanol–water partition coefficient (Wildman–Crippen LogP) is 5.76. The van der Waals surface area contributed by atoms with Gasteiger partial charge in [-0.3, -0.25) is 14.5 Å². The van der Waals surface area contributed by atoms with Crippen LogP contribution in [0.5, 0.6) is 0 Å². The van der Waals surface area contributed by atoms with Crippen LogP contribution in [-0.2, 0) is 14.3 Å². The van der Waals surface area contributed by atoms with Crippen molar-refractivity contribution in [1.82, 2.24) is 15.1 Å². The van der Waals surface area contributed by atoms with Gasteiger partial charge in [-0.25, -0.2) is 9.07 Å². The third-order valence-corrected chi connectivity index (χ3v) is 9.00. The number of carbonyl (C=O) groups is 2. The van der Waals surface area contributed by atoms with E-state index in [9.17, 15) is 14.0 Å². The predicted molar refractivity (Wildman–Crippen MR) is 164 cm³/mol. The monoisotopic (exact) mass is 584 g/mol. The van der Waals surface area contributed by atoms with Gasteiger partial charge in [0.2, 0.25) is 11.8 Å². The first-order chi connectivity index (χ1) is 20.4. The molecule has 42 heavy (non-hydrogen) atoms. The van der Waals surface area contributed by atoms with Gasteiger partial charge in [-0.1, -0.05) is 60.2 Å². The van der Waals surface area contributed by atoms with Crippen LogP contribution in [0.4, 0.5) is 10.2 Å². The maximum Gasteiger partial charge on any atom is 0.240 e. The highest BCUT2D eigenvalue weighted by molar-refractivity contribution is 8.00. The average Bonchev–Trinajstić information content (AvgIpc) is 3.62. The van der Waals surface area contributed by atoms with Crippen molar-refractivity contribution >= 4 is 29.4 Å². The Balaban J connectivity index is 1.53. The van der Waals surface area contributed by atoms with E-state index >= 15 is 0 Å². The smallest absolute Gasteiger partial charge is 0.240 e. The Bertz CT molecular complexity index is 1600. The summed E-state index contributed by atoms with van der Waals surface area (Å²) in [5.41, 5.74) is 6.20. The van der Waals surface area contributed by atoms with Crippen LogP contribution in [0.25, 0.3) is 16.9 Å². The molecule has 2 aliphatic heterocycles. The molecule has 0 aliphatic carbocycles. The Morgan fingerprint density at radius 3 is 2.60 bits per heavy atom. The van der Waals surface area contributed by atoms with Gasteiger partial charge in [0.15, 0.2) is 0 Å². The highest BCUT2D eigenvalue weighted by Crippen LogP contribution is 2.48. The first-order valence-corrected chi connectivity index (χ1v) is 15.3. The van der Waals surface area contributed by atoms with Gasteiger partial charge in [0, 0.05) is 24.3 Å². The first kappa shape index (κ1) is 28.2. The Kier molecular flexibility index (Phi) is 8.13. The maximum atomic E-state index is 14.0. The minimum atomic E-state index is -0.326. The molecule has 0 bridgehead atoms. The van der Waals surface area contributed by atoms with Crippen LogP contribution in [0.3, 0.4) is 0 Å². The quantitative estimate of drug-likeness (QED) is 0.299. The fourth-order valence-corrected chi connectivity index (χ4v) is 6.87. The van der Waals surface area contributed by atoms with E-state index in [-0.39, 0.29) is 41.3 Å². The fourth-order valence-electron chi connectivity index (χ4n) is 5.67. The third kappa shape index (κ3) is 5.71. The van der Waals surface area contributed by atoms with Gasteiger partial charge in [-0.05, 0) is 56.0 Å². The zero-order chi connectivity index (χ0) is 29.2. The summed E-state index contributed by atoms with van der Waals surface area (Å²) in [6.45, 7) is 5.01. The Morgan fingerprint density at radius 2 is 1.88 bits per heavy atom. The molecule has 1 saturated heterocycles. The molecule has 0 saturated carbocycles. The molecule has 0 spiro atoms. The van der Waals surface area contributed by atoms with Gasteiger partial charge in [0.1, 0.15) is 18.2 Å². The second-order valence-corrected chi connectivity index (χ2v) is 11.9. The Labute approximate surface area is 249 Å². The lowest BCUT2D eigenvalue weighted by Gasteiger charge is -2.24. The molecule has 2 amide bonds. The number of fused-ring (bicyclic) bond motifs is 1. The van der Waals surface area contributed by atoms with E-state index in [0.717, 1.165) is 46.3 Å². The number of aromatic nitrogens is 2. The maximum absolute atomic E-state index is 14.0. The summed E-state index contributed by atoms with van der Waals surface area (Å²) < 4.78 is 21.5. The molecule has 2 aliphatic rings. The molecule has 216 valence electrons. The van der Waals surface area contributed by atoms with E-state index < -0.39 is 0 Å². The number of amides is 2. The lowest BCUT2D eigenvalue weighted by Crippen LogP contribution is -2.44. The number of carbonyl (C=O) groups excluding carboxylic acids is 2. The van der Waals surface area contributed by atoms with Gasteiger partial charge in [-0.2, -0.15) is 5.10 Å². The number of ether oxygens (including phenoxy) is 1. The molecule has 9 heteroatoms. The number of halogens is 1. The normalized spacial score (nSPS) is 18.5. The van der Waals surface area contributed by atoms with Crippen molar-refractivity contribution in [3.8, 4) is 16.9 Å². The van der Waals surface area contributed by atoms with E-state index in [1.165, 1.54) is 23.9 Å². The summed E-state index contributed by atoms with van der Waals surface area (Å²) in [6, 6.07) is 22.3. The lowest BCUT2D eigenvalue weighted by molar-refractivity contribution is -0.123. The number of benzene rings is 3. The van der Waals surface area contributed by atoms with Gasteiger partial charge in [0.05, 0.1) is 28.5 Å². The van der Waals surface area contributed by atoms with Crippen LogP contribution in [0.15, 0.2) is 72.8 Å². The molecule has 0 radical (unpaired) electrons. The zero-order valence-electron chi connectivity index (χ0n) is 23.7. The summed E-state index contributed by atoms with van der Waals surface area (Å²) >= 11 is 1.46. The lowest BCUT2D eigenvalue weighted by atomic mass is 9.99. The van der Waals surface area contributed by atoms with Crippen LogP contribution in [0.2, 0.25) is 0 Å². The van der Waals surface area contributed by atoms with E-state index in [0.29, 0.717) is 24.7 Å². The third-order valence-electron chi connectivity index (χ3n) is 7.74. The van der Waals surface area contributed by atoms with Crippen molar-refractivity contribution in [3.05, 3.63) is 101 Å². The van der Waals surface area contributed by atoms with E-state index in [1.807, 2.05) is 56.3 Å². The molecule has 1 aromatic heterocycles. The second-order valence-electron chi connectivity index (χ2n) is 10.8. The molecular formula is C33H33FN4O3S. The molecule has 1 N–H and O–H groups in total. The van der Waals surface area contributed by atoms with E-state index in [2.05, 4.69) is 11.4 Å². The topological polar surface area (TPSA) is 76.5 Å². The van der Waals surface area contributed by atoms with E-state index in [1.54, 1.807) is 21.7 Å². The molecule has 3 aromatic carbocycles. The molecule has 7 nitrogen and oxygen atoms in total. The minimum absolute atomic E-state index is 0.00632. The number of anilines is 1. The van der Waals surface area contributed by atoms with Gasteiger partial charge in [0.25, 0.3) is 0 Å². The van der Waals surface area contributed by atoms with E-state index in [4.69, 9.17) is 9.84 Å². The number of nitrogens with zero attached hydrogens (tertiary/aromatic N) is 3. The summed E-state index contributed by atoms with van der Waals surface area (Å²) in [6.07, 6.45) is 1.88. The van der Waals surface area contributed by atoms with Gasteiger partial charge in [-0.15, -0.1) is 11.8 Å². The van der Waals surface area contributed by atoms with Gasteiger partial charge < -0.3 is 10.1 Å². The number of thioether (sulfide) groups is 1. The van der Waals surface area contributed by atoms with Crippen LogP contribution in [-0.4, -0.2) is 53.1 Å². The number of hydrogen-bond donors (Lipinski definition) is 1. The minimum Gasteiger partial charge on any atom is -0.376 e. The van der Waals surface area contributed by atoms with Crippen LogP contribution < -0.4 is 10.2 Å². The van der Waals surface area contributed by atoms with Crippen LogP contribution >= 0.6 is 11.8 Å². The van der Waals surface area contributed by atoms with Crippen molar-refractivity contribution in [3.63, 3.8) is 0 Å². The number of nitrogens with one attached hydrogen (secondary N) is 1. The van der Waals surface area contributed by atoms with Crippen molar-refractivity contribution in [2.24, 2.45) is 0 Å². The summed E-state index contributed by atoms with van der Waals surface area (Å²) in [5, 5.41) is 7.80. The molecule has 4 aromatic rings. The Hall–Kier alpha value is -3.95. The summed E-state index contributed by atoms with van der Waals surface area (Å²) in [4.78, 5) is 28.8. The molecule has 6 rings (SSSR count). The number of rotatable bonds is 7. The summed E-state index contributed by atoms with van der Waals surface area (Å²) in [5.74, 6) is -0.0742.